The Bertz CT molecular complexity index is 713. The molecule has 0 bridgehead atoms. The summed E-state index contributed by atoms with van der Waals surface area (Å²) in [6.07, 6.45) is 2.00. The summed E-state index contributed by atoms with van der Waals surface area (Å²) in [5.41, 5.74) is 0.518. The van der Waals surface area contributed by atoms with Gasteiger partial charge in [-0.25, -0.2) is 9.78 Å². The zero-order valence-electron chi connectivity index (χ0n) is 10.9. The predicted molar refractivity (Wildman–Crippen MR) is 75.3 cm³/mol. The Hall–Kier alpha value is -2.41. The molecule has 0 aliphatic carbocycles. The van der Waals surface area contributed by atoms with E-state index in [0.29, 0.717) is 18.5 Å². The molecule has 2 aromatic heterocycles. The van der Waals surface area contributed by atoms with Gasteiger partial charge >= 0.3 is 5.97 Å². The standard InChI is InChI=1S/C14H12N2O4S/c17-9-2-1-5-15-11(9)13(18)16-6-3-10-8(4-7-21-10)12(16)14(19)20/h1-2,4-5,7,12,17H,3,6H2,(H,19,20). The summed E-state index contributed by atoms with van der Waals surface area (Å²) in [6, 6.07) is 3.56. The van der Waals surface area contributed by atoms with E-state index in [0.717, 1.165) is 4.88 Å². The van der Waals surface area contributed by atoms with E-state index in [9.17, 15) is 19.8 Å². The van der Waals surface area contributed by atoms with E-state index in [-0.39, 0.29) is 11.4 Å². The quantitative estimate of drug-likeness (QED) is 0.880. The molecule has 3 rings (SSSR count). The zero-order valence-corrected chi connectivity index (χ0v) is 11.7. The molecule has 1 aliphatic rings. The van der Waals surface area contributed by atoms with Crippen LogP contribution in [0.1, 0.15) is 27.0 Å². The molecule has 1 atom stereocenters. The topological polar surface area (TPSA) is 90.7 Å². The smallest absolute Gasteiger partial charge is 0.331 e. The summed E-state index contributed by atoms with van der Waals surface area (Å²) < 4.78 is 0. The molecule has 6 nitrogen and oxygen atoms in total. The first-order valence-electron chi connectivity index (χ1n) is 6.33. The molecule has 0 radical (unpaired) electrons. The molecule has 3 heterocycles. The van der Waals surface area contributed by atoms with Gasteiger partial charge in [0.05, 0.1) is 0 Å². The van der Waals surface area contributed by atoms with Crippen molar-refractivity contribution < 1.29 is 19.8 Å². The van der Waals surface area contributed by atoms with Gasteiger partial charge in [-0.3, -0.25) is 4.79 Å². The summed E-state index contributed by atoms with van der Waals surface area (Å²) in [6.45, 7) is 0.291. The molecule has 0 saturated heterocycles. The van der Waals surface area contributed by atoms with E-state index >= 15 is 0 Å². The molecule has 7 heteroatoms. The number of amides is 1. The van der Waals surface area contributed by atoms with Gasteiger partial charge in [0.2, 0.25) is 0 Å². The third kappa shape index (κ3) is 2.25. The largest absolute Gasteiger partial charge is 0.505 e. The van der Waals surface area contributed by atoms with Crippen LogP contribution in [-0.2, 0) is 11.2 Å². The second kappa shape index (κ2) is 5.17. The van der Waals surface area contributed by atoms with E-state index in [1.165, 1.54) is 34.6 Å². The highest BCUT2D eigenvalue weighted by Gasteiger charge is 2.38. The molecular weight excluding hydrogens is 292 g/mol. The maximum absolute atomic E-state index is 12.5. The summed E-state index contributed by atoms with van der Waals surface area (Å²) >= 11 is 1.49. The number of pyridine rings is 1. The Morgan fingerprint density at radius 2 is 2.19 bits per heavy atom. The van der Waals surface area contributed by atoms with Crippen molar-refractivity contribution in [2.75, 3.05) is 6.54 Å². The Balaban J connectivity index is 2.00. The van der Waals surface area contributed by atoms with Gasteiger partial charge in [-0.15, -0.1) is 11.3 Å². The number of carboxylic acid groups (broad SMARTS) is 1. The number of fused-ring (bicyclic) bond motifs is 1. The van der Waals surface area contributed by atoms with Crippen molar-refractivity contribution >= 4 is 23.2 Å². The Labute approximate surface area is 124 Å². The van der Waals surface area contributed by atoms with E-state index in [2.05, 4.69) is 4.98 Å². The van der Waals surface area contributed by atoms with Gasteiger partial charge < -0.3 is 15.1 Å². The van der Waals surface area contributed by atoms with Crippen molar-refractivity contribution in [2.45, 2.75) is 12.5 Å². The first kappa shape index (κ1) is 13.6. The predicted octanol–water partition coefficient (Wildman–Crippen LogP) is 1.67. The second-order valence-electron chi connectivity index (χ2n) is 4.66. The first-order valence-corrected chi connectivity index (χ1v) is 7.21. The number of thiophene rings is 1. The third-order valence-electron chi connectivity index (χ3n) is 3.45. The number of rotatable bonds is 2. The van der Waals surface area contributed by atoms with Crippen LogP contribution in [0.2, 0.25) is 0 Å². The lowest BCUT2D eigenvalue weighted by Gasteiger charge is -2.32. The van der Waals surface area contributed by atoms with Crippen LogP contribution in [-0.4, -0.2) is 38.5 Å². The van der Waals surface area contributed by atoms with Crippen LogP contribution in [0.15, 0.2) is 29.8 Å². The Morgan fingerprint density at radius 1 is 1.38 bits per heavy atom. The van der Waals surface area contributed by atoms with Crippen LogP contribution in [0, 0.1) is 0 Å². The van der Waals surface area contributed by atoms with Crippen LogP contribution in [0.5, 0.6) is 5.75 Å². The minimum Gasteiger partial charge on any atom is -0.505 e. The first-order chi connectivity index (χ1) is 10.1. The SMILES string of the molecule is O=C(O)C1c2ccsc2CCN1C(=O)c1ncccc1O. The minimum absolute atomic E-state index is 0.123. The fourth-order valence-corrected chi connectivity index (χ4v) is 3.40. The number of carboxylic acids is 1. The number of nitrogens with zero attached hydrogens (tertiary/aromatic N) is 2. The summed E-state index contributed by atoms with van der Waals surface area (Å²) in [7, 11) is 0. The summed E-state index contributed by atoms with van der Waals surface area (Å²) in [4.78, 5) is 30.2. The third-order valence-corrected chi connectivity index (χ3v) is 4.45. The maximum atomic E-state index is 12.5. The Morgan fingerprint density at radius 3 is 2.90 bits per heavy atom. The lowest BCUT2D eigenvalue weighted by Crippen LogP contribution is -2.43. The summed E-state index contributed by atoms with van der Waals surface area (Å²) in [5.74, 6) is -1.90. The molecule has 2 aromatic rings. The molecule has 2 N–H and O–H groups in total. The number of hydrogen-bond acceptors (Lipinski definition) is 5. The lowest BCUT2D eigenvalue weighted by molar-refractivity contribution is -0.143. The number of aromatic hydroxyl groups is 1. The number of aromatic nitrogens is 1. The molecule has 108 valence electrons. The van der Waals surface area contributed by atoms with Crippen LogP contribution in [0.25, 0.3) is 0 Å². The van der Waals surface area contributed by atoms with Crippen LogP contribution < -0.4 is 0 Å². The zero-order chi connectivity index (χ0) is 15.0. The van der Waals surface area contributed by atoms with E-state index < -0.39 is 17.9 Å². The fourth-order valence-electron chi connectivity index (χ4n) is 2.50. The average Bonchev–Trinajstić information content (AvgIpc) is 2.94. The van der Waals surface area contributed by atoms with Gasteiger partial charge in [-0.05, 0) is 35.6 Å². The number of aliphatic carboxylic acids is 1. The maximum Gasteiger partial charge on any atom is 0.331 e. The molecule has 0 saturated carbocycles. The van der Waals surface area contributed by atoms with Gasteiger partial charge in [0, 0.05) is 17.6 Å². The molecule has 0 fully saturated rings. The van der Waals surface area contributed by atoms with Crippen LogP contribution >= 0.6 is 11.3 Å². The van der Waals surface area contributed by atoms with Crippen molar-refractivity contribution in [2.24, 2.45) is 0 Å². The molecule has 21 heavy (non-hydrogen) atoms. The molecule has 1 amide bonds. The second-order valence-corrected chi connectivity index (χ2v) is 5.66. The number of carbonyl (C=O) groups excluding carboxylic acids is 1. The van der Waals surface area contributed by atoms with E-state index in [1.54, 1.807) is 6.07 Å². The number of carbonyl (C=O) groups is 2. The van der Waals surface area contributed by atoms with Crippen molar-refractivity contribution in [1.82, 2.24) is 9.88 Å². The molecule has 1 unspecified atom stereocenters. The van der Waals surface area contributed by atoms with Crippen LogP contribution in [0.3, 0.4) is 0 Å². The van der Waals surface area contributed by atoms with Crippen molar-refractivity contribution in [3.63, 3.8) is 0 Å². The average molecular weight is 304 g/mol. The van der Waals surface area contributed by atoms with Crippen molar-refractivity contribution in [3.8, 4) is 5.75 Å². The lowest BCUT2D eigenvalue weighted by atomic mass is 9.99. The molecule has 1 aliphatic heterocycles. The molecule has 0 spiro atoms. The van der Waals surface area contributed by atoms with E-state index in [1.807, 2.05) is 5.38 Å². The van der Waals surface area contributed by atoms with Gasteiger partial charge in [-0.2, -0.15) is 0 Å². The Kier molecular flexibility index (Phi) is 3.34. The van der Waals surface area contributed by atoms with E-state index in [4.69, 9.17) is 0 Å². The highest BCUT2D eigenvalue weighted by molar-refractivity contribution is 7.10. The summed E-state index contributed by atoms with van der Waals surface area (Å²) in [5, 5.41) is 21.0. The normalized spacial score (nSPS) is 17.3. The number of hydrogen-bond donors (Lipinski definition) is 2. The van der Waals surface area contributed by atoms with Crippen molar-refractivity contribution in [3.05, 3.63) is 45.9 Å². The fraction of sp³-hybridized carbons (Fsp3) is 0.214. The molecular formula is C14H12N2O4S. The van der Waals surface area contributed by atoms with Crippen molar-refractivity contribution in [1.29, 1.82) is 0 Å². The highest BCUT2D eigenvalue weighted by atomic mass is 32.1. The van der Waals surface area contributed by atoms with Crippen LogP contribution in [0.4, 0.5) is 0 Å². The minimum atomic E-state index is -1.09. The highest BCUT2D eigenvalue weighted by Crippen LogP contribution is 2.34. The van der Waals surface area contributed by atoms with Gasteiger partial charge in [0.25, 0.3) is 5.91 Å². The van der Waals surface area contributed by atoms with Gasteiger partial charge in [0.1, 0.15) is 5.75 Å². The molecule has 0 aromatic carbocycles. The van der Waals surface area contributed by atoms with Gasteiger partial charge in [-0.1, -0.05) is 0 Å². The van der Waals surface area contributed by atoms with Gasteiger partial charge in [0.15, 0.2) is 11.7 Å². The monoisotopic (exact) mass is 304 g/mol.